The Labute approximate surface area is 114 Å². The van der Waals surface area contributed by atoms with Gasteiger partial charge >= 0.3 is 0 Å². The molecule has 1 heterocycles. The maximum absolute atomic E-state index is 13.6. The molecule has 1 N–H and O–H groups in total. The van der Waals surface area contributed by atoms with Crippen molar-refractivity contribution in [2.75, 3.05) is 20.3 Å². The summed E-state index contributed by atoms with van der Waals surface area (Å²) in [5.74, 6) is -1.38. The molecule has 2 rings (SSSR count). The lowest BCUT2D eigenvalue weighted by Gasteiger charge is -2.31. The van der Waals surface area contributed by atoms with E-state index in [4.69, 9.17) is 4.74 Å². The van der Waals surface area contributed by atoms with E-state index in [1.165, 1.54) is 6.07 Å². The minimum Gasteiger partial charge on any atom is -0.381 e. The Kier molecular flexibility index (Phi) is 4.70. The topological polar surface area (TPSA) is 21.3 Å². The van der Waals surface area contributed by atoms with E-state index in [0.717, 1.165) is 25.0 Å². The highest BCUT2D eigenvalue weighted by atomic mass is 79.9. The van der Waals surface area contributed by atoms with Gasteiger partial charge in [0.25, 0.3) is 0 Å². The molecule has 1 aromatic rings. The molecule has 5 heteroatoms. The van der Waals surface area contributed by atoms with Gasteiger partial charge in [0.2, 0.25) is 0 Å². The van der Waals surface area contributed by atoms with Crippen molar-refractivity contribution in [2.45, 2.75) is 18.9 Å². The molecule has 1 aliphatic heterocycles. The van der Waals surface area contributed by atoms with Gasteiger partial charge in [-0.15, -0.1) is 0 Å². The zero-order valence-corrected chi connectivity index (χ0v) is 11.8. The molecule has 1 fully saturated rings. The second-order valence-corrected chi connectivity index (χ2v) is 5.30. The summed E-state index contributed by atoms with van der Waals surface area (Å²) in [6, 6.07) is 2.76. The van der Waals surface area contributed by atoms with Crippen LogP contribution in [0.3, 0.4) is 0 Å². The lowest BCUT2D eigenvalue weighted by Crippen LogP contribution is -2.31. The Morgan fingerprint density at radius 1 is 1.44 bits per heavy atom. The van der Waals surface area contributed by atoms with E-state index in [-0.39, 0.29) is 16.4 Å². The number of halogens is 3. The van der Waals surface area contributed by atoms with Crippen LogP contribution in [0.15, 0.2) is 16.6 Å². The first-order valence-electron chi connectivity index (χ1n) is 6.03. The van der Waals surface area contributed by atoms with Crippen molar-refractivity contribution in [1.82, 2.24) is 5.32 Å². The predicted octanol–water partition coefficient (Wildman–Crippen LogP) is 3.41. The van der Waals surface area contributed by atoms with Crippen LogP contribution >= 0.6 is 15.9 Å². The van der Waals surface area contributed by atoms with E-state index >= 15 is 0 Å². The zero-order valence-electron chi connectivity index (χ0n) is 10.2. The standard InChI is InChI=1S/C13H16BrF2NO/c1-17-13(8-3-2-6-18-7-8)9-4-5-10(15)12(16)11(9)14/h4-5,8,13,17H,2-3,6-7H2,1H3. The fourth-order valence-electron chi connectivity index (χ4n) is 2.45. The van der Waals surface area contributed by atoms with Crippen LogP contribution in [-0.4, -0.2) is 20.3 Å². The van der Waals surface area contributed by atoms with E-state index in [9.17, 15) is 8.78 Å². The maximum atomic E-state index is 13.6. The number of nitrogens with one attached hydrogen (secondary N) is 1. The number of hydrogen-bond donors (Lipinski definition) is 1. The third-order valence-corrected chi connectivity index (χ3v) is 4.18. The second-order valence-electron chi connectivity index (χ2n) is 4.51. The van der Waals surface area contributed by atoms with Crippen LogP contribution in [0.25, 0.3) is 0 Å². The quantitative estimate of drug-likeness (QED) is 0.862. The second kappa shape index (κ2) is 6.08. The van der Waals surface area contributed by atoms with Gasteiger partial charge in [-0.3, -0.25) is 0 Å². The van der Waals surface area contributed by atoms with Crippen LogP contribution in [0.4, 0.5) is 8.78 Å². The molecule has 0 aromatic heterocycles. The number of benzene rings is 1. The summed E-state index contributed by atoms with van der Waals surface area (Å²) in [6.07, 6.45) is 2.03. The molecule has 2 unspecified atom stereocenters. The molecule has 1 saturated heterocycles. The van der Waals surface area contributed by atoms with Crippen LogP contribution in [-0.2, 0) is 4.74 Å². The largest absolute Gasteiger partial charge is 0.381 e. The first kappa shape index (κ1) is 13.9. The van der Waals surface area contributed by atoms with Crippen molar-refractivity contribution in [2.24, 2.45) is 5.92 Å². The van der Waals surface area contributed by atoms with Crippen molar-refractivity contribution in [1.29, 1.82) is 0 Å². The highest BCUT2D eigenvalue weighted by Crippen LogP contribution is 2.34. The molecule has 2 nitrogen and oxygen atoms in total. The summed E-state index contributed by atoms with van der Waals surface area (Å²) in [5, 5.41) is 3.18. The van der Waals surface area contributed by atoms with Crippen molar-refractivity contribution in [3.8, 4) is 0 Å². The molecular weight excluding hydrogens is 304 g/mol. The molecule has 18 heavy (non-hydrogen) atoms. The molecule has 1 aliphatic rings. The van der Waals surface area contributed by atoms with Crippen LogP contribution in [0.1, 0.15) is 24.4 Å². The zero-order chi connectivity index (χ0) is 13.1. The lowest BCUT2D eigenvalue weighted by atomic mass is 9.89. The maximum Gasteiger partial charge on any atom is 0.173 e. The Morgan fingerprint density at radius 3 is 2.83 bits per heavy atom. The summed E-state index contributed by atoms with van der Waals surface area (Å²) >= 11 is 3.14. The Hall–Kier alpha value is -0.520. The SMILES string of the molecule is CNC(c1ccc(F)c(F)c1Br)C1CCCOC1. The summed E-state index contributed by atoms with van der Waals surface area (Å²) in [4.78, 5) is 0. The van der Waals surface area contributed by atoms with Crippen molar-refractivity contribution >= 4 is 15.9 Å². The first-order valence-corrected chi connectivity index (χ1v) is 6.83. The average Bonchev–Trinajstić information content (AvgIpc) is 2.41. The fraction of sp³-hybridized carbons (Fsp3) is 0.538. The normalized spacial score (nSPS) is 21.9. The fourth-order valence-corrected chi connectivity index (χ4v) is 3.02. The van der Waals surface area contributed by atoms with Gasteiger partial charge < -0.3 is 10.1 Å². The minimum absolute atomic E-state index is 0.0326. The Bertz CT molecular complexity index is 422. The monoisotopic (exact) mass is 319 g/mol. The van der Waals surface area contributed by atoms with Crippen molar-refractivity contribution < 1.29 is 13.5 Å². The van der Waals surface area contributed by atoms with E-state index in [1.807, 2.05) is 7.05 Å². The third kappa shape index (κ3) is 2.73. The molecule has 0 spiro atoms. The summed E-state index contributed by atoms with van der Waals surface area (Å²) < 4.78 is 32.4. The Balaban J connectivity index is 2.29. The molecule has 100 valence electrons. The smallest absolute Gasteiger partial charge is 0.173 e. The van der Waals surface area contributed by atoms with Crippen molar-refractivity contribution in [3.63, 3.8) is 0 Å². The molecule has 0 bridgehead atoms. The molecule has 0 saturated carbocycles. The predicted molar refractivity (Wildman–Crippen MR) is 69.4 cm³/mol. The van der Waals surface area contributed by atoms with E-state index in [0.29, 0.717) is 6.61 Å². The van der Waals surface area contributed by atoms with Gasteiger partial charge in [0.15, 0.2) is 11.6 Å². The highest BCUT2D eigenvalue weighted by molar-refractivity contribution is 9.10. The summed E-state index contributed by atoms with van der Waals surface area (Å²) in [7, 11) is 1.83. The molecule has 0 radical (unpaired) electrons. The summed E-state index contributed by atoms with van der Waals surface area (Å²) in [6.45, 7) is 1.43. The minimum atomic E-state index is -0.833. The van der Waals surface area contributed by atoms with Gasteiger partial charge in [-0.25, -0.2) is 8.78 Å². The average molecular weight is 320 g/mol. The van der Waals surface area contributed by atoms with Crippen LogP contribution < -0.4 is 5.32 Å². The van der Waals surface area contributed by atoms with E-state index in [1.54, 1.807) is 6.07 Å². The third-order valence-electron chi connectivity index (χ3n) is 3.38. The van der Waals surface area contributed by atoms with Gasteiger partial charge in [0.1, 0.15) is 0 Å². The van der Waals surface area contributed by atoms with Crippen LogP contribution in [0, 0.1) is 17.6 Å². The van der Waals surface area contributed by atoms with Gasteiger partial charge in [0, 0.05) is 18.6 Å². The van der Waals surface area contributed by atoms with Gasteiger partial charge in [0.05, 0.1) is 11.1 Å². The van der Waals surface area contributed by atoms with Crippen LogP contribution in [0.2, 0.25) is 0 Å². The van der Waals surface area contributed by atoms with Gasteiger partial charge in [-0.05, 0) is 47.4 Å². The number of ether oxygens (including phenoxy) is 1. The summed E-state index contributed by atoms with van der Waals surface area (Å²) in [5.41, 5.74) is 0.743. The Morgan fingerprint density at radius 2 is 2.22 bits per heavy atom. The van der Waals surface area contributed by atoms with E-state index in [2.05, 4.69) is 21.2 Å². The van der Waals surface area contributed by atoms with E-state index < -0.39 is 11.6 Å². The molecule has 2 atom stereocenters. The highest BCUT2D eigenvalue weighted by Gasteiger charge is 2.27. The van der Waals surface area contributed by atoms with Crippen molar-refractivity contribution in [3.05, 3.63) is 33.8 Å². The molecular formula is C13H16BrF2NO. The van der Waals surface area contributed by atoms with Gasteiger partial charge in [-0.1, -0.05) is 6.07 Å². The number of hydrogen-bond acceptors (Lipinski definition) is 2. The molecule has 1 aromatic carbocycles. The van der Waals surface area contributed by atoms with Crippen LogP contribution in [0.5, 0.6) is 0 Å². The van der Waals surface area contributed by atoms with Gasteiger partial charge in [-0.2, -0.15) is 0 Å². The lowest BCUT2D eigenvalue weighted by molar-refractivity contribution is 0.0400. The first-order chi connectivity index (χ1) is 8.65. The molecule has 0 amide bonds. The molecule has 0 aliphatic carbocycles. The number of rotatable bonds is 3.